The van der Waals surface area contributed by atoms with Crippen molar-refractivity contribution < 1.29 is 36.7 Å². The van der Waals surface area contributed by atoms with Crippen LogP contribution in [0.1, 0.15) is 73.5 Å². The van der Waals surface area contributed by atoms with E-state index in [4.69, 9.17) is 4.74 Å². The average Bonchev–Trinajstić information content (AvgIpc) is 4.00. The van der Waals surface area contributed by atoms with E-state index in [9.17, 15) is 36.8 Å². The minimum Gasteiger partial charge on any atom is -0.491 e. The van der Waals surface area contributed by atoms with E-state index in [2.05, 4.69) is 20.5 Å². The normalized spacial score (nSPS) is 26.7. The fourth-order valence-electron chi connectivity index (χ4n) is 7.36. The van der Waals surface area contributed by atoms with Gasteiger partial charge in [0.2, 0.25) is 21.8 Å². The van der Waals surface area contributed by atoms with Gasteiger partial charge in [0.15, 0.2) is 5.75 Å². The van der Waals surface area contributed by atoms with E-state index in [1.165, 1.54) is 47.7 Å². The summed E-state index contributed by atoms with van der Waals surface area (Å²) < 4.78 is 48.5. The van der Waals surface area contributed by atoms with E-state index >= 15 is 0 Å². The first-order chi connectivity index (χ1) is 25.9. The highest BCUT2D eigenvalue weighted by Gasteiger charge is 2.62. The molecular weight excluding hydrogens is 740 g/mol. The summed E-state index contributed by atoms with van der Waals surface area (Å²) in [7, 11) is -2.63. The van der Waals surface area contributed by atoms with Crippen molar-refractivity contribution in [2.24, 2.45) is 5.92 Å². The second kappa shape index (κ2) is 15.1. The summed E-state index contributed by atoms with van der Waals surface area (Å²) in [6.07, 6.45) is 9.09. The molecule has 54 heavy (non-hydrogen) atoms. The number of benzene rings is 1. The Morgan fingerprint density at radius 2 is 1.91 bits per heavy atom. The van der Waals surface area contributed by atoms with E-state index in [1.54, 1.807) is 23.6 Å². The van der Waals surface area contributed by atoms with Crippen molar-refractivity contribution in [3.05, 3.63) is 81.2 Å². The summed E-state index contributed by atoms with van der Waals surface area (Å²) in [5.74, 6) is -3.66. The molecule has 3 fully saturated rings. The number of sulfonamides is 1. The van der Waals surface area contributed by atoms with E-state index in [-0.39, 0.29) is 37.1 Å². The van der Waals surface area contributed by atoms with Gasteiger partial charge in [-0.1, -0.05) is 43.2 Å². The number of nitrogens with one attached hydrogen (secondary N) is 3. The average molecular weight is 781 g/mol. The molecule has 2 aromatic heterocycles. The van der Waals surface area contributed by atoms with E-state index in [0.29, 0.717) is 36.1 Å². The molecule has 2 aliphatic heterocycles. The Kier molecular flexibility index (Phi) is 10.5. The number of thiophene rings is 1. The smallest absolute Gasteiger partial charge is 0.310 e. The minimum atomic E-state index is -3.93. The Bertz CT molecular complexity index is 2150. The standard InChI is InChI=1S/C37H41FN6O8S2/c1-52-31-27(22-9-7-11-24(38)17-22)20-39-44(35(31)48)25-18-29-32(45)41-37(36(49)42-54(50,51)26-14-15-26)19-23(37)10-5-3-2-4-6-12-28(34(47)43(29)21-25)40-33(46)30-13-8-16-53-30/h5,7-11,13,16-17,20,23,25-26,28-29H,2-4,6,12,14-15,18-19,21H2,1H3,(H,40,46)(H,41,45)(H,42,49)/b10-5-/t23-,25?,28+,29+,37?/m1/s1. The Morgan fingerprint density at radius 3 is 2.63 bits per heavy atom. The maximum Gasteiger partial charge on any atom is 0.310 e. The number of amides is 4. The first-order valence-corrected chi connectivity index (χ1v) is 20.5. The Morgan fingerprint density at radius 1 is 1.09 bits per heavy atom. The lowest BCUT2D eigenvalue weighted by atomic mass is 10.0. The topological polar surface area (TPSA) is 186 Å². The SMILES string of the molecule is COc1c(-c2cccc(F)c2)cnn(C2C[C@H]3C(=O)NC4(C(=O)NS(=O)(=O)C5CC5)C[C@H]4/C=C\CCCCC[C@H](NC(=O)c4cccs4)C(=O)N3C2)c1=O. The van der Waals surface area contributed by atoms with Gasteiger partial charge in [-0.3, -0.25) is 28.7 Å². The van der Waals surface area contributed by atoms with Crippen LogP contribution in [0.5, 0.6) is 5.75 Å². The summed E-state index contributed by atoms with van der Waals surface area (Å²) in [4.78, 5) is 71.5. The van der Waals surface area contributed by atoms with Crippen LogP contribution in [0.25, 0.3) is 11.1 Å². The quantitative estimate of drug-likeness (QED) is 0.289. The molecule has 4 heterocycles. The largest absolute Gasteiger partial charge is 0.491 e. The number of methoxy groups -OCH3 is 1. The number of halogens is 1. The number of aromatic nitrogens is 2. The number of carbonyl (C=O) groups excluding carboxylic acids is 4. The van der Waals surface area contributed by atoms with Gasteiger partial charge in [0.1, 0.15) is 23.4 Å². The molecule has 1 aromatic carbocycles. The Balaban J connectivity index is 1.24. The molecule has 7 rings (SSSR count). The van der Waals surface area contributed by atoms with Crippen LogP contribution < -0.4 is 25.7 Å². The molecule has 14 nitrogen and oxygen atoms in total. The lowest BCUT2D eigenvalue weighted by Gasteiger charge is -2.30. The predicted octanol–water partition coefficient (Wildman–Crippen LogP) is 3.06. The lowest BCUT2D eigenvalue weighted by molar-refractivity contribution is -0.141. The van der Waals surface area contributed by atoms with Crippen molar-refractivity contribution in [3.63, 3.8) is 0 Å². The molecule has 4 aliphatic rings. The molecule has 4 amide bonds. The molecule has 2 unspecified atom stereocenters. The van der Waals surface area contributed by atoms with Crippen molar-refractivity contribution in [1.82, 2.24) is 30.0 Å². The van der Waals surface area contributed by atoms with Crippen molar-refractivity contribution in [2.75, 3.05) is 13.7 Å². The summed E-state index contributed by atoms with van der Waals surface area (Å²) >= 11 is 1.22. The molecule has 5 atom stereocenters. The van der Waals surface area contributed by atoms with Gasteiger partial charge in [0, 0.05) is 24.4 Å². The van der Waals surface area contributed by atoms with Gasteiger partial charge in [-0.25, -0.2) is 17.5 Å². The van der Waals surface area contributed by atoms with Gasteiger partial charge in [0.05, 0.1) is 29.5 Å². The molecule has 2 aliphatic carbocycles. The second-order valence-corrected chi connectivity index (χ2v) is 17.2. The van der Waals surface area contributed by atoms with Gasteiger partial charge >= 0.3 is 5.56 Å². The zero-order valence-electron chi connectivity index (χ0n) is 29.5. The van der Waals surface area contributed by atoms with Crippen LogP contribution >= 0.6 is 11.3 Å². The molecule has 3 N–H and O–H groups in total. The molecule has 0 spiro atoms. The van der Waals surface area contributed by atoms with Crippen LogP contribution in [-0.2, 0) is 24.4 Å². The van der Waals surface area contributed by atoms with Gasteiger partial charge in [0.25, 0.3) is 11.8 Å². The summed E-state index contributed by atoms with van der Waals surface area (Å²) in [6.45, 7) is -0.156. The number of hydrogen-bond acceptors (Lipinski definition) is 10. The summed E-state index contributed by atoms with van der Waals surface area (Å²) in [5.41, 5.74) is -1.63. The Hall–Kier alpha value is -4.90. The van der Waals surface area contributed by atoms with Gasteiger partial charge in [-0.05, 0) is 67.7 Å². The van der Waals surface area contributed by atoms with Gasteiger partial charge in [-0.15, -0.1) is 11.3 Å². The number of rotatable bonds is 8. The highest BCUT2D eigenvalue weighted by atomic mass is 32.2. The molecule has 2 saturated carbocycles. The van der Waals surface area contributed by atoms with Crippen LogP contribution in [-0.4, -0.2) is 83.3 Å². The van der Waals surface area contributed by atoms with Crippen LogP contribution in [0.3, 0.4) is 0 Å². The lowest BCUT2D eigenvalue weighted by Crippen LogP contribution is -2.58. The molecule has 0 bridgehead atoms. The number of hydrogen-bond donors (Lipinski definition) is 3. The fraction of sp³-hybridized carbons (Fsp3) is 0.459. The highest BCUT2D eigenvalue weighted by molar-refractivity contribution is 7.91. The van der Waals surface area contributed by atoms with Gasteiger partial charge in [-0.2, -0.15) is 5.10 Å². The number of carbonyl (C=O) groups is 4. The number of fused-ring (bicyclic) bond motifs is 2. The maximum absolute atomic E-state index is 14.5. The monoisotopic (exact) mass is 780 g/mol. The molecular formula is C37H41FN6O8S2. The molecule has 3 aromatic rings. The third-order valence-electron chi connectivity index (χ3n) is 10.6. The third kappa shape index (κ3) is 7.56. The van der Waals surface area contributed by atoms with Crippen LogP contribution in [0, 0.1) is 11.7 Å². The molecule has 286 valence electrons. The van der Waals surface area contributed by atoms with Crippen molar-refractivity contribution in [3.8, 4) is 16.9 Å². The summed E-state index contributed by atoms with van der Waals surface area (Å²) in [6, 6.07) is 5.87. The molecule has 17 heteroatoms. The highest BCUT2D eigenvalue weighted by Crippen LogP contribution is 2.46. The van der Waals surface area contributed by atoms with E-state index in [1.807, 2.05) is 12.2 Å². The van der Waals surface area contributed by atoms with E-state index in [0.717, 1.165) is 17.5 Å². The third-order valence-corrected chi connectivity index (χ3v) is 13.2. The fourth-order valence-corrected chi connectivity index (χ4v) is 9.35. The van der Waals surface area contributed by atoms with E-state index < -0.39 is 79.9 Å². The van der Waals surface area contributed by atoms with Crippen LogP contribution in [0.15, 0.2) is 64.9 Å². The number of ether oxygens (including phenoxy) is 1. The van der Waals surface area contributed by atoms with Crippen LogP contribution in [0.2, 0.25) is 0 Å². The number of nitrogens with zero attached hydrogens (tertiary/aromatic N) is 3. The Labute approximate surface area is 315 Å². The van der Waals surface area contributed by atoms with Crippen molar-refractivity contribution in [2.45, 2.75) is 86.7 Å². The predicted molar refractivity (Wildman–Crippen MR) is 196 cm³/mol. The van der Waals surface area contributed by atoms with Crippen molar-refractivity contribution >= 4 is 45.0 Å². The van der Waals surface area contributed by atoms with Crippen LogP contribution in [0.4, 0.5) is 4.39 Å². The van der Waals surface area contributed by atoms with Gasteiger partial charge < -0.3 is 20.3 Å². The zero-order valence-corrected chi connectivity index (χ0v) is 31.2. The first kappa shape index (κ1) is 37.4. The second-order valence-electron chi connectivity index (χ2n) is 14.3. The number of allylic oxidation sites excluding steroid dienone is 1. The minimum absolute atomic E-state index is 0.100. The zero-order chi connectivity index (χ0) is 38.2. The van der Waals surface area contributed by atoms with Crippen molar-refractivity contribution in [1.29, 1.82) is 0 Å². The first-order valence-electron chi connectivity index (χ1n) is 18.0. The maximum atomic E-state index is 14.5. The molecule has 0 radical (unpaired) electrons. The summed E-state index contributed by atoms with van der Waals surface area (Å²) in [5, 5.41) is 11.1. The molecule has 1 saturated heterocycles.